The first-order valence-corrected chi connectivity index (χ1v) is 5.96. The number of alkyl halides is 6. The van der Waals surface area contributed by atoms with Gasteiger partial charge in [-0.25, -0.2) is 0 Å². The van der Waals surface area contributed by atoms with Gasteiger partial charge in [0.2, 0.25) is 0 Å². The lowest BCUT2D eigenvalue weighted by molar-refractivity contribution is -0.143. The second-order valence-corrected chi connectivity index (χ2v) is 5.08. The van der Waals surface area contributed by atoms with Crippen molar-refractivity contribution < 1.29 is 26.3 Å². The minimum Gasteiger partial charge on any atom is -0.324 e. The summed E-state index contributed by atoms with van der Waals surface area (Å²) in [5.41, 5.74) is 2.87. The Balaban J connectivity index is 3.31. The summed E-state index contributed by atoms with van der Waals surface area (Å²) in [6.07, 6.45) is -9.38. The maximum absolute atomic E-state index is 12.7. The minimum atomic E-state index is -4.84. The second-order valence-electron chi connectivity index (χ2n) is 5.08. The molecule has 1 aromatic carbocycles. The molecule has 0 saturated carbocycles. The molecule has 0 aliphatic heterocycles. The van der Waals surface area contributed by atoms with Gasteiger partial charge in [0.1, 0.15) is 0 Å². The topological polar surface area (TPSA) is 26.0 Å². The monoisotopic (exact) mass is 299 g/mol. The maximum Gasteiger partial charge on any atom is 0.416 e. The molecule has 114 valence electrons. The Morgan fingerprint density at radius 1 is 0.900 bits per heavy atom. The fourth-order valence-electron chi connectivity index (χ4n) is 1.84. The molecule has 0 aromatic heterocycles. The molecule has 0 saturated heterocycles. The van der Waals surface area contributed by atoms with E-state index in [-0.39, 0.29) is 17.5 Å². The van der Waals surface area contributed by atoms with Crippen molar-refractivity contribution in [2.45, 2.75) is 38.7 Å². The molecular formula is C13H15F6N. The van der Waals surface area contributed by atoms with Gasteiger partial charge >= 0.3 is 12.4 Å². The number of hydrogen-bond acceptors (Lipinski definition) is 1. The highest BCUT2D eigenvalue weighted by molar-refractivity contribution is 5.35. The van der Waals surface area contributed by atoms with Gasteiger partial charge in [0.05, 0.1) is 11.1 Å². The molecule has 7 heteroatoms. The summed E-state index contributed by atoms with van der Waals surface area (Å²) in [6, 6.07) is 0.606. The third-order valence-electron chi connectivity index (χ3n) is 2.76. The average molecular weight is 299 g/mol. The van der Waals surface area contributed by atoms with Crippen LogP contribution in [0.15, 0.2) is 18.2 Å². The van der Waals surface area contributed by atoms with Crippen LogP contribution in [-0.4, -0.2) is 0 Å². The summed E-state index contributed by atoms with van der Waals surface area (Å²) in [5, 5.41) is 0. The molecule has 1 nitrogen and oxygen atoms in total. The highest BCUT2D eigenvalue weighted by Gasteiger charge is 2.37. The second kappa shape index (κ2) is 5.63. The van der Waals surface area contributed by atoms with E-state index in [4.69, 9.17) is 5.73 Å². The fraction of sp³-hybridized carbons (Fsp3) is 0.538. The Labute approximate surface area is 112 Å². The molecule has 1 atom stereocenters. The number of rotatable bonds is 3. The van der Waals surface area contributed by atoms with Crippen molar-refractivity contribution in [1.82, 2.24) is 0 Å². The van der Waals surface area contributed by atoms with Crippen LogP contribution >= 0.6 is 0 Å². The van der Waals surface area contributed by atoms with Gasteiger partial charge in [0.25, 0.3) is 0 Å². The molecule has 0 unspecified atom stereocenters. The Bertz CT molecular complexity index is 429. The van der Waals surface area contributed by atoms with Crippen LogP contribution in [0, 0.1) is 5.92 Å². The lowest BCUT2D eigenvalue weighted by Gasteiger charge is -2.19. The Kier molecular flexibility index (Phi) is 4.74. The summed E-state index contributed by atoms with van der Waals surface area (Å²) < 4.78 is 75.9. The van der Waals surface area contributed by atoms with Gasteiger partial charge in [-0.1, -0.05) is 13.8 Å². The van der Waals surface area contributed by atoms with Crippen molar-refractivity contribution in [2.75, 3.05) is 0 Å². The molecule has 0 spiro atoms. The van der Waals surface area contributed by atoms with E-state index in [1.54, 1.807) is 13.8 Å². The zero-order valence-corrected chi connectivity index (χ0v) is 10.9. The van der Waals surface area contributed by atoms with E-state index in [1.807, 2.05) is 0 Å². The van der Waals surface area contributed by atoms with E-state index >= 15 is 0 Å². The first kappa shape index (κ1) is 16.8. The largest absolute Gasteiger partial charge is 0.416 e. The highest BCUT2D eigenvalue weighted by Crippen LogP contribution is 2.37. The molecule has 0 aliphatic rings. The molecule has 2 N–H and O–H groups in total. The van der Waals surface area contributed by atoms with Gasteiger partial charge in [-0.2, -0.15) is 26.3 Å². The van der Waals surface area contributed by atoms with E-state index in [2.05, 4.69) is 0 Å². The van der Waals surface area contributed by atoms with Crippen molar-refractivity contribution in [3.8, 4) is 0 Å². The summed E-state index contributed by atoms with van der Waals surface area (Å²) in [5.74, 6) is 0.0638. The lowest BCUT2D eigenvalue weighted by Crippen LogP contribution is -2.17. The summed E-state index contributed by atoms with van der Waals surface area (Å²) in [7, 11) is 0. The minimum absolute atomic E-state index is 0.0638. The van der Waals surface area contributed by atoms with Crippen LogP contribution in [0.1, 0.15) is 43.0 Å². The predicted octanol–water partition coefficient (Wildman–Crippen LogP) is 4.77. The summed E-state index contributed by atoms with van der Waals surface area (Å²) >= 11 is 0. The molecular weight excluding hydrogens is 284 g/mol. The third kappa shape index (κ3) is 4.40. The summed E-state index contributed by atoms with van der Waals surface area (Å²) in [4.78, 5) is 0. The van der Waals surface area contributed by atoms with Crippen molar-refractivity contribution in [1.29, 1.82) is 0 Å². The van der Waals surface area contributed by atoms with Crippen LogP contribution < -0.4 is 5.73 Å². The van der Waals surface area contributed by atoms with Gasteiger partial charge in [-0.05, 0) is 36.1 Å². The highest BCUT2D eigenvalue weighted by atomic mass is 19.4. The smallest absolute Gasteiger partial charge is 0.324 e. The molecule has 1 aromatic rings. The molecule has 0 radical (unpaired) electrons. The number of hydrogen-bond donors (Lipinski definition) is 1. The summed E-state index contributed by atoms with van der Waals surface area (Å²) in [6.45, 7) is 3.58. The quantitative estimate of drug-likeness (QED) is 0.799. The van der Waals surface area contributed by atoms with Crippen LogP contribution in [0.2, 0.25) is 0 Å². The maximum atomic E-state index is 12.7. The predicted molar refractivity (Wildman–Crippen MR) is 62.8 cm³/mol. The van der Waals surface area contributed by atoms with Gasteiger partial charge in [-0.15, -0.1) is 0 Å². The zero-order valence-electron chi connectivity index (χ0n) is 10.9. The molecule has 20 heavy (non-hydrogen) atoms. The standard InChI is InChI=1S/C13H15F6N/c1-7(2)3-11(20)8-4-9(12(14,15)16)6-10(5-8)13(17,18)19/h4-7,11H,3,20H2,1-2H3/t11-/m0/s1. The van der Waals surface area contributed by atoms with Gasteiger partial charge in [0.15, 0.2) is 0 Å². The molecule has 0 aliphatic carbocycles. The molecule has 0 heterocycles. The Morgan fingerprint density at radius 3 is 1.60 bits per heavy atom. The van der Waals surface area contributed by atoms with Crippen molar-refractivity contribution in [3.05, 3.63) is 34.9 Å². The number of benzene rings is 1. The number of halogens is 6. The van der Waals surface area contributed by atoms with Crippen LogP contribution in [0.3, 0.4) is 0 Å². The van der Waals surface area contributed by atoms with Crippen LogP contribution in [0.5, 0.6) is 0 Å². The zero-order chi connectivity index (χ0) is 15.7. The van der Waals surface area contributed by atoms with Crippen molar-refractivity contribution in [2.24, 2.45) is 11.7 Å². The molecule has 0 amide bonds. The van der Waals surface area contributed by atoms with E-state index in [9.17, 15) is 26.3 Å². The molecule has 1 rings (SSSR count). The van der Waals surface area contributed by atoms with Crippen LogP contribution in [-0.2, 0) is 12.4 Å². The Morgan fingerprint density at radius 2 is 1.30 bits per heavy atom. The first-order chi connectivity index (χ1) is 8.91. The van der Waals surface area contributed by atoms with Crippen molar-refractivity contribution >= 4 is 0 Å². The van der Waals surface area contributed by atoms with E-state index in [0.717, 1.165) is 0 Å². The average Bonchev–Trinajstić information content (AvgIpc) is 2.25. The van der Waals surface area contributed by atoms with Crippen LogP contribution in [0.4, 0.5) is 26.3 Å². The third-order valence-corrected chi connectivity index (χ3v) is 2.76. The van der Waals surface area contributed by atoms with E-state index in [1.165, 1.54) is 0 Å². The van der Waals surface area contributed by atoms with Gasteiger partial charge in [0, 0.05) is 6.04 Å². The lowest BCUT2D eigenvalue weighted by atomic mass is 9.94. The van der Waals surface area contributed by atoms with E-state index < -0.39 is 29.5 Å². The van der Waals surface area contributed by atoms with Crippen molar-refractivity contribution in [3.63, 3.8) is 0 Å². The number of nitrogens with two attached hydrogens (primary N) is 1. The van der Waals surface area contributed by atoms with Crippen LogP contribution in [0.25, 0.3) is 0 Å². The molecule has 0 fully saturated rings. The van der Waals surface area contributed by atoms with Gasteiger partial charge in [-0.3, -0.25) is 0 Å². The van der Waals surface area contributed by atoms with E-state index in [0.29, 0.717) is 18.6 Å². The first-order valence-electron chi connectivity index (χ1n) is 5.96. The molecule has 0 bridgehead atoms. The fourth-order valence-corrected chi connectivity index (χ4v) is 1.84. The van der Waals surface area contributed by atoms with Gasteiger partial charge < -0.3 is 5.73 Å². The SMILES string of the molecule is CC(C)C[C@H](N)c1cc(C(F)(F)F)cc(C(F)(F)F)c1. The Hall–Kier alpha value is -1.24. The normalized spacial score (nSPS) is 14.7.